The Kier molecular flexibility index (Phi) is 4.52. The zero-order chi connectivity index (χ0) is 19.7. The smallest absolute Gasteiger partial charge is 0.305 e. The van der Waals surface area contributed by atoms with Crippen LogP contribution in [0.4, 0.5) is 5.69 Å². The molecule has 0 aromatic heterocycles. The van der Waals surface area contributed by atoms with Crippen LogP contribution in [0.1, 0.15) is 18.0 Å². The van der Waals surface area contributed by atoms with Gasteiger partial charge in [-0.25, -0.2) is 8.42 Å². The molecule has 1 atom stereocenters. The van der Waals surface area contributed by atoms with Crippen LogP contribution in [0.2, 0.25) is 0 Å². The molecular formula is C21H17NO5S. The minimum Gasteiger partial charge on any atom is -0.481 e. The third kappa shape index (κ3) is 3.20. The van der Waals surface area contributed by atoms with E-state index in [1.165, 1.54) is 10.4 Å². The van der Waals surface area contributed by atoms with E-state index < -0.39 is 22.0 Å². The highest BCUT2D eigenvalue weighted by molar-refractivity contribution is 7.93. The summed E-state index contributed by atoms with van der Waals surface area (Å²) in [6, 6.07) is 21.5. The quantitative estimate of drug-likeness (QED) is 0.700. The van der Waals surface area contributed by atoms with Crippen molar-refractivity contribution in [1.29, 1.82) is 0 Å². The van der Waals surface area contributed by atoms with Crippen LogP contribution in [0, 0.1) is 0 Å². The molecule has 0 aliphatic carbocycles. The Morgan fingerprint density at radius 3 is 2.36 bits per heavy atom. The molecular weight excluding hydrogens is 378 g/mol. The molecule has 0 spiro atoms. The highest BCUT2D eigenvalue weighted by Crippen LogP contribution is 2.45. The maximum absolute atomic E-state index is 13.1. The molecule has 1 unspecified atom stereocenters. The Balaban J connectivity index is 1.77. The molecule has 142 valence electrons. The number of rotatable bonds is 5. The van der Waals surface area contributed by atoms with Crippen molar-refractivity contribution in [2.75, 3.05) is 4.31 Å². The zero-order valence-corrected chi connectivity index (χ0v) is 15.5. The lowest BCUT2D eigenvalue weighted by Gasteiger charge is -2.25. The van der Waals surface area contributed by atoms with Gasteiger partial charge in [-0.05, 0) is 35.9 Å². The van der Waals surface area contributed by atoms with Gasteiger partial charge in [0.05, 0.1) is 23.0 Å². The predicted molar refractivity (Wildman–Crippen MR) is 104 cm³/mol. The van der Waals surface area contributed by atoms with Crippen LogP contribution in [0.5, 0.6) is 11.5 Å². The number of sulfonamides is 1. The lowest BCUT2D eigenvalue weighted by Crippen LogP contribution is -2.29. The molecule has 0 radical (unpaired) electrons. The van der Waals surface area contributed by atoms with E-state index in [0.717, 1.165) is 0 Å². The second-order valence-corrected chi connectivity index (χ2v) is 8.15. The minimum absolute atomic E-state index is 0.135. The van der Waals surface area contributed by atoms with E-state index >= 15 is 0 Å². The van der Waals surface area contributed by atoms with Crippen molar-refractivity contribution in [1.82, 2.24) is 0 Å². The van der Waals surface area contributed by atoms with Crippen LogP contribution < -0.4 is 9.04 Å². The molecule has 0 amide bonds. The maximum Gasteiger partial charge on any atom is 0.305 e. The van der Waals surface area contributed by atoms with Gasteiger partial charge >= 0.3 is 5.97 Å². The lowest BCUT2D eigenvalue weighted by atomic mass is 10.0. The first-order valence-corrected chi connectivity index (χ1v) is 10.1. The molecule has 0 fully saturated rings. The summed E-state index contributed by atoms with van der Waals surface area (Å²) in [5, 5.41) is 9.34. The van der Waals surface area contributed by atoms with Crippen LogP contribution >= 0.6 is 0 Å². The Morgan fingerprint density at radius 2 is 1.61 bits per heavy atom. The van der Waals surface area contributed by atoms with Crippen molar-refractivity contribution in [2.24, 2.45) is 0 Å². The van der Waals surface area contributed by atoms with Crippen LogP contribution in [0.15, 0.2) is 83.8 Å². The maximum atomic E-state index is 13.1. The molecule has 1 N–H and O–H groups in total. The van der Waals surface area contributed by atoms with Crippen molar-refractivity contribution in [3.63, 3.8) is 0 Å². The van der Waals surface area contributed by atoms with E-state index in [0.29, 0.717) is 22.7 Å². The van der Waals surface area contributed by atoms with Crippen molar-refractivity contribution < 1.29 is 23.1 Å². The van der Waals surface area contributed by atoms with E-state index in [-0.39, 0.29) is 11.3 Å². The highest BCUT2D eigenvalue weighted by atomic mass is 32.2. The number of carboxylic acids is 1. The first kappa shape index (κ1) is 18.1. The molecule has 1 aliphatic rings. The van der Waals surface area contributed by atoms with E-state index in [4.69, 9.17) is 4.74 Å². The van der Waals surface area contributed by atoms with Gasteiger partial charge in [0.15, 0.2) is 0 Å². The topological polar surface area (TPSA) is 83.9 Å². The monoisotopic (exact) mass is 395 g/mol. The number of benzene rings is 3. The fourth-order valence-electron chi connectivity index (χ4n) is 3.38. The number of hydrogen-bond acceptors (Lipinski definition) is 4. The van der Waals surface area contributed by atoms with Crippen molar-refractivity contribution in [2.45, 2.75) is 17.4 Å². The zero-order valence-electron chi connectivity index (χ0n) is 14.7. The summed E-state index contributed by atoms with van der Waals surface area (Å²) in [4.78, 5) is 11.5. The first-order chi connectivity index (χ1) is 13.5. The van der Waals surface area contributed by atoms with Crippen molar-refractivity contribution in [3.8, 4) is 11.5 Å². The molecule has 3 aromatic rings. The SMILES string of the molecule is O=C(O)CC1c2ccccc2S(=O)(=O)N1c1cccc(Oc2ccccc2)c1. The summed E-state index contributed by atoms with van der Waals surface area (Å²) >= 11 is 0. The Labute approximate surface area is 162 Å². The van der Waals surface area contributed by atoms with Gasteiger partial charge in [-0.2, -0.15) is 0 Å². The van der Waals surface area contributed by atoms with E-state index in [9.17, 15) is 18.3 Å². The average molecular weight is 395 g/mol. The molecule has 6 nitrogen and oxygen atoms in total. The van der Waals surface area contributed by atoms with E-state index in [1.54, 1.807) is 54.6 Å². The van der Waals surface area contributed by atoms with Gasteiger partial charge in [0.2, 0.25) is 0 Å². The normalized spacial score (nSPS) is 17.1. The molecule has 3 aromatic carbocycles. The number of carbonyl (C=O) groups is 1. The van der Waals surface area contributed by atoms with Gasteiger partial charge in [0, 0.05) is 6.07 Å². The standard InChI is InChI=1S/C21H17NO5S/c23-21(24)14-19-18-11-4-5-12-20(18)28(25,26)22(19)15-7-6-10-17(13-15)27-16-8-2-1-3-9-16/h1-13,19H,14H2,(H,23,24). The van der Waals surface area contributed by atoms with Crippen LogP contribution in [-0.2, 0) is 14.8 Å². The van der Waals surface area contributed by atoms with Crippen molar-refractivity contribution >= 4 is 21.7 Å². The van der Waals surface area contributed by atoms with Gasteiger partial charge in [0.1, 0.15) is 11.5 Å². The van der Waals surface area contributed by atoms with Crippen LogP contribution in [0.3, 0.4) is 0 Å². The lowest BCUT2D eigenvalue weighted by molar-refractivity contribution is -0.137. The molecule has 1 heterocycles. The fourth-order valence-corrected chi connectivity index (χ4v) is 5.25. The molecule has 0 saturated carbocycles. The summed E-state index contributed by atoms with van der Waals surface area (Å²) in [5.74, 6) is 0.0109. The number of aliphatic carboxylic acids is 1. The van der Waals surface area contributed by atoms with Gasteiger partial charge in [-0.3, -0.25) is 9.10 Å². The molecule has 7 heteroatoms. The number of para-hydroxylation sites is 1. The second kappa shape index (κ2) is 7.01. The number of anilines is 1. The Bertz CT molecular complexity index is 1130. The van der Waals surface area contributed by atoms with E-state index in [1.807, 2.05) is 18.2 Å². The third-order valence-electron chi connectivity index (χ3n) is 4.52. The molecule has 0 bridgehead atoms. The molecule has 4 rings (SSSR count). The summed E-state index contributed by atoms with van der Waals surface area (Å²) in [5.41, 5.74) is 0.843. The molecule has 0 saturated heterocycles. The number of carboxylic acid groups (broad SMARTS) is 1. The summed E-state index contributed by atoms with van der Waals surface area (Å²) in [7, 11) is -3.87. The average Bonchev–Trinajstić information content (AvgIpc) is 2.89. The van der Waals surface area contributed by atoms with Crippen molar-refractivity contribution in [3.05, 3.63) is 84.4 Å². The van der Waals surface area contributed by atoms with Crippen LogP contribution in [0.25, 0.3) is 0 Å². The molecule has 1 aliphatic heterocycles. The van der Waals surface area contributed by atoms with Gasteiger partial charge in [0.25, 0.3) is 10.0 Å². The number of nitrogens with zero attached hydrogens (tertiary/aromatic N) is 1. The second-order valence-electron chi connectivity index (χ2n) is 6.36. The summed E-state index contributed by atoms with van der Waals surface area (Å²) < 4.78 is 33.2. The largest absolute Gasteiger partial charge is 0.481 e. The van der Waals surface area contributed by atoms with Gasteiger partial charge in [-0.1, -0.05) is 42.5 Å². The predicted octanol–water partition coefficient (Wildman–Crippen LogP) is 4.20. The number of fused-ring (bicyclic) bond motifs is 1. The summed E-state index contributed by atoms with van der Waals surface area (Å²) in [6.07, 6.45) is -0.333. The molecule has 28 heavy (non-hydrogen) atoms. The number of ether oxygens (including phenoxy) is 1. The fraction of sp³-hybridized carbons (Fsp3) is 0.0952. The summed E-state index contributed by atoms with van der Waals surface area (Å²) in [6.45, 7) is 0. The number of hydrogen-bond donors (Lipinski definition) is 1. The Morgan fingerprint density at radius 1 is 0.929 bits per heavy atom. The Hall–Kier alpha value is -3.32. The third-order valence-corrected chi connectivity index (χ3v) is 6.43. The van der Waals surface area contributed by atoms with E-state index in [2.05, 4.69) is 0 Å². The van der Waals surface area contributed by atoms with Gasteiger partial charge in [-0.15, -0.1) is 0 Å². The minimum atomic E-state index is -3.87. The highest BCUT2D eigenvalue weighted by Gasteiger charge is 2.43. The van der Waals surface area contributed by atoms with Crippen LogP contribution in [-0.4, -0.2) is 19.5 Å². The first-order valence-electron chi connectivity index (χ1n) is 8.65. The van der Waals surface area contributed by atoms with Gasteiger partial charge < -0.3 is 9.84 Å².